The number of anilines is 1. The number of rotatable bonds is 9. The fraction of sp³-hybridized carbons (Fsp3) is 0.292. The summed E-state index contributed by atoms with van der Waals surface area (Å²) in [5.74, 6) is 0.512. The molecule has 1 aromatic heterocycles. The number of carbonyl (C=O) groups is 2. The van der Waals surface area contributed by atoms with Crippen molar-refractivity contribution in [2.24, 2.45) is 0 Å². The number of nitrogens with one attached hydrogen (secondary N) is 1. The third-order valence-electron chi connectivity index (χ3n) is 4.90. The van der Waals surface area contributed by atoms with E-state index < -0.39 is 18.0 Å². The van der Waals surface area contributed by atoms with E-state index in [4.69, 9.17) is 18.9 Å². The van der Waals surface area contributed by atoms with Gasteiger partial charge in [-0.2, -0.15) is 0 Å². The van der Waals surface area contributed by atoms with E-state index in [2.05, 4.69) is 5.32 Å². The summed E-state index contributed by atoms with van der Waals surface area (Å²) in [6.07, 6.45) is 0.681. The van der Waals surface area contributed by atoms with E-state index in [9.17, 15) is 14.4 Å². The van der Waals surface area contributed by atoms with Gasteiger partial charge in [0.2, 0.25) is 5.91 Å². The van der Waals surface area contributed by atoms with Crippen LogP contribution in [-0.4, -0.2) is 43.4 Å². The molecule has 0 spiro atoms. The number of esters is 1. The average Bonchev–Trinajstić information content (AvgIpc) is 2.81. The summed E-state index contributed by atoms with van der Waals surface area (Å²) < 4.78 is 22.4. The smallest absolute Gasteiger partial charge is 0.347 e. The highest BCUT2D eigenvalue weighted by molar-refractivity contribution is 5.93. The van der Waals surface area contributed by atoms with Crippen LogP contribution in [0.5, 0.6) is 17.2 Å². The lowest BCUT2D eigenvalue weighted by atomic mass is 10.1. The highest BCUT2D eigenvalue weighted by Crippen LogP contribution is 2.29. The minimum absolute atomic E-state index is 0.200. The van der Waals surface area contributed by atoms with Gasteiger partial charge in [0.15, 0.2) is 6.10 Å². The van der Waals surface area contributed by atoms with Crippen molar-refractivity contribution in [1.82, 2.24) is 4.57 Å². The molecule has 0 saturated heterocycles. The second-order valence-corrected chi connectivity index (χ2v) is 7.09. The number of hydrogen-bond donors (Lipinski definition) is 1. The molecule has 174 valence electrons. The summed E-state index contributed by atoms with van der Waals surface area (Å²) in [7, 11) is 3.02. The standard InChI is InChI=1S/C24H26N2O7/c1-5-32-24(29)15(2)33-20-8-6-7-18-17(20)11-12-26(23(18)28)14-22(27)25-19-10-9-16(30-3)13-21(19)31-4/h6-13,15H,5,14H2,1-4H3,(H,25,27)/t15-/m1/s1. The van der Waals surface area contributed by atoms with Gasteiger partial charge in [0, 0.05) is 17.6 Å². The van der Waals surface area contributed by atoms with Crippen molar-refractivity contribution in [1.29, 1.82) is 0 Å². The first kappa shape index (κ1) is 23.6. The van der Waals surface area contributed by atoms with E-state index in [1.165, 1.54) is 25.0 Å². The third kappa shape index (κ3) is 5.43. The number of pyridine rings is 1. The van der Waals surface area contributed by atoms with Crippen LogP contribution in [0.3, 0.4) is 0 Å². The number of carbonyl (C=O) groups excluding carboxylic acids is 2. The van der Waals surface area contributed by atoms with Crippen molar-refractivity contribution in [2.45, 2.75) is 26.5 Å². The molecule has 9 nitrogen and oxygen atoms in total. The van der Waals surface area contributed by atoms with Crippen LogP contribution in [0.15, 0.2) is 53.5 Å². The van der Waals surface area contributed by atoms with Crippen molar-refractivity contribution in [2.75, 3.05) is 26.1 Å². The van der Waals surface area contributed by atoms with Gasteiger partial charge in [0.1, 0.15) is 23.8 Å². The molecule has 9 heteroatoms. The van der Waals surface area contributed by atoms with E-state index >= 15 is 0 Å². The zero-order chi connectivity index (χ0) is 24.0. The monoisotopic (exact) mass is 454 g/mol. The maximum Gasteiger partial charge on any atom is 0.347 e. The summed E-state index contributed by atoms with van der Waals surface area (Å²) in [6, 6.07) is 11.6. The Labute approximate surface area is 190 Å². The number of fused-ring (bicyclic) bond motifs is 1. The van der Waals surface area contributed by atoms with Crippen LogP contribution in [0.1, 0.15) is 13.8 Å². The fourth-order valence-electron chi connectivity index (χ4n) is 3.26. The van der Waals surface area contributed by atoms with Crippen LogP contribution < -0.4 is 25.1 Å². The molecule has 3 aromatic rings. The number of hydrogen-bond acceptors (Lipinski definition) is 7. The van der Waals surface area contributed by atoms with Gasteiger partial charge in [-0.25, -0.2) is 4.79 Å². The largest absolute Gasteiger partial charge is 0.497 e. The molecule has 1 N–H and O–H groups in total. The van der Waals surface area contributed by atoms with Crippen molar-refractivity contribution >= 4 is 28.3 Å². The van der Waals surface area contributed by atoms with Crippen LogP contribution >= 0.6 is 0 Å². The van der Waals surface area contributed by atoms with Gasteiger partial charge in [-0.3, -0.25) is 9.59 Å². The number of nitrogens with zero attached hydrogens (tertiary/aromatic N) is 1. The Morgan fingerprint density at radius 3 is 2.52 bits per heavy atom. The van der Waals surface area contributed by atoms with Crippen LogP contribution in [-0.2, 0) is 20.9 Å². The average molecular weight is 454 g/mol. The van der Waals surface area contributed by atoms with Crippen LogP contribution in [0.25, 0.3) is 10.8 Å². The van der Waals surface area contributed by atoms with Gasteiger partial charge >= 0.3 is 5.97 Å². The topological polar surface area (TPSA) is 105 Å². The molecule has 1 atom stereocenters. The minimum atomic E-state index is -0.830. The molecule has 0 unspecified atom stereocenters. The van der Waals surface area contributed by atoms with Crippen molar-refractivity contribution in [3.8, 4) is 17.2 Å². The maximum absolute atomic E-state index is 13.0. The van der Waals surface area contributed by atoms with E-state index in [-0.39, 0.29) is 18.7 Å². The number of methoxy groups -OCH3 is 2. The second-order valence-electron chi connectivity index (χ2n) is 7.09. The Kier molecular flexibility index (Phi) is 7.55. The molecule has 0 aliphatic rings. The van der Waals surface area contributed by atoms with Gasteiger partial charge in [0.05, 0.1) is 31.9 Å². The number of benzene rings is 2. The van der Waals surface area contributed by atoms with E-state index in [0.29, 0.717) is 33.7 Å². The molecule has 1 amide bonds. The fourth-order valence-corrected chi connectivity index (χ4v) is 3.26. The van der Waals surface area contributed by atoms with Crippen LogP contribution in [0, 0.1) is 0 Å². The normalized spacial score (nSPS) is 11.5. The highest BCUT2D eigenvalue weighted by atomic mass is 16.6. The molecular formula is C24H26N2O7. The summed E-state index contributed by atoms with van der Waals surface area (Å²) in [4.78, 5) is 37.5. The highest BCUT2D eigenvalue weighted by Gasteiger charge is 2.18. The zero-order valence-electron chi connectivity index (χ0n) is 18.9. The summed E-state index contributed by atoms with van der Waals surface area (Å²) in [5.41, 5.74) is 0.0966. The second kappa shape index (κ2) is 10.5. The first-order valence-electron chi connectivity index (χ1n) is 10.3. The van der Waals surface area contributed by atoms with Crippen molar-refractivity contribution < 1.29 is 28.5 Å². The Hall–Kier alpha value is -4.01. The lowest BCUT2D eigenvalue weighted by Gasteiger charge is -2.16. The Morgan fingerprint density at radius 2 is 1.82 bits per heavy atom. The van der Waals surface area contributed by atoms with Crippen LogP contribution in [0.2, 0.25) is 0 Å². The Morgan fingerprint density at radius 1 is 1.03 bits per heavy atom. The lowest BCUT2D eigenvalue weighted by molar-refractivity contribution is -0.150. The van der Waals surface area contributed by atoms with Crippen molar-refractivity contribution in [3.05, 3.63) is 59.0 Å². The molecule has 1 heterocycles. The summed E-state index contributed by atoms with van der Waals surface area (Å²) in [6.45, 7) is 3.34. The predicted octanol–water partition coefficient (Wildman–Crippen LogP) is 2.99. The van der Waals surface area contributed by atoms with Gasteiger partial charge in [-0.1, -0.05) is 6.07 Å². The lowest BCUT2D eigenvalue weighted by Crippen LogP contribution is -2.28. The first-order valence-corrected chi connectivity index (χ1v) is 10.3. The molecule has 0 fully saturated rings. The van der Waals surface area contributed by atoms with Gasteiger partial charge in [-0.05, 0) is 44.2 Å². The Balaban J connectivity index is 1.81. The number of aromatic nitrogens is 1. The summed E-state index contributed by atoms with van der Waals surface area (Å²) >= 11 is 0. The van der Waals surface area contributed by atoms with Gasteiger partial charge in [-0.15, -0.1) is 0 Å². The molecule has 0 saturated carbocycles. The molecule has 0 aliphatic carbocycles. The molecule has 0 aliphatic heterocycles. The van der Waals surface area contributed by atoms with E-state index in [1.807, 2.05) is 0 Å². The summed E-state index contributed by atoms with van der Waals surface area (Å²) in [5, 5.41) is 3.64. The maximum atomic E-state index is 13.0. The van der Waals surface area contributed by atoms with Crippen molar-refractivity contribution in [3.63, 3.8) is 0 Å². The van der Waals surface area contributed by atoms with Gasteiger partial charge < -0.3 is 28.8 Å². The SMILES string of the molecule is CCOC(=O)[C@@H](C)Oc1cccc2c(=O)n(CC(=O)Nc3ccc(OC)cc3OC)ccc12. The quantitative estimate of drug-likeness (QED) is 0.496. The number of amides is 1. The number of ether oxygens (including phenoxy) is 4. The van der Waals surface area contributed by atoms with E-state index in [1.54, 1.807) is 56.3 Å². The predicted molar refractivity (Wildman–Crippen MR) is 123 cm³/mol. The molecule has 0 radical (unpaired) electrons. The van der Waals surface area contributed by atoms with Gasteiger partial charge in [0.25, 0.3) is 5.56 Å². The Bertz CT molecular complexity index is 1220. The molecule has 33 heavy (non-hydrogen) atoms. The molecule has 2 aromatic carbocycles. The zero-order valence-corrected chi connectivity index (χ0v) is 18.9. The molecule has 3 rings (SSSR count). The van der Waals surface area contributed by atoms with E-state index in [0.717, 1.165) is 0 Å². The molecule has 0 bridgehead atoms. The first-order chi connectivity index (χ1) is 15.9. The molecular weight excluding hydrogens is 428 g/mol. The minimum Gasteiger partial charge on any atom is -0.497 e. The van der Waals surface area contributed by atoms with Crippen LogP contribution in [0.4, 0.5) is 5.69 Å². The third-order valence-corrected chi connectivity index (χ3v) is 4.90.